The average Bonchev–Trinajstić information content (AvgIpc) is 2.46. The summed E-state index contributed by atoms with van der Waals surface area (Å²) in [5.74, 6) is 0.332. The van der Waals surface area contributed by atoms with Crippen molar-refractivity contribution >= 4 is 5.57 Å². The summed E-state index contributed by atoms with van der Waals surface area (Å²) >= 11 is 0. The summed E-state index contributed by atoms with van der Waals surface area (Å²) in [7, 11) is 0. The number of benzene rings is 1. The lowest BCUT2D eigenvalue weighted by molar-refractivity contribution is 0.474. The van der Waals surface area contributed by atoms with Gasteiger partial charge in [-0.25, -0.2) is 0 Å². The maximum atomic E-state index is 9.27. The van der Waals surface area contributed by atoms with Crippen LogP contribution in [-0.2, 0) is 6.42 Å². The van der Waals surface area contributed by atoms with Gasteiger partial charge in [0.25, 0.3) is 0 Å². The second kappa shape index (κ2) is 2.89. The summed E-state index contributed by atoms with van der Waals surface area (Å²) in [5, 5.41) is 9.27. The van der Waals surface area contributed by atoms with Crippen molar-refractivity contribution in [2.24, 2.45) is 5.73 Å². The number of rotatable bonds is 1. The van der Waals surface area contributed by atoms with Gasteiger partial charge in [-0.1, -0.05) is 12.1 Å². The number of phenolic OH excluding ortho intramolecular Hbond substituents is 1. The quantitative estimate of drug-likeness (QED) is 0.682. The van der Waals surface area contributed by atoms with Crippen molar-refractivity contribution in [1.29, 1.82) is 0 Å². The Balaban J connectivity index is 2.45. The van der Waals surface area contributed by atoms with Crippen LogP contribution in [-0.4, -0.2) is 11.1 Å². The number of fused-ring (bicyclic) bond motifs is 1. The molecular weight excluding hydrogens is 162 g/mol. The predicted octanol–water partition coefficient (Wildman–Crippen LogP) is 1.68. The molecule has 1 aliphatic rings. The van der Waals surface area contributed by atoms with Gasteiger partial charge in [-0.3, -0.25) is 0 Å². The van der Waals surface area contributed by atoms with Crippen LogP contribution in [0.25, 0.3) is 5.57 Å². The summed E-state index contributed by atoms with van der Waals surface area (Å²) in [5.41, 5.74) is 9.37. The zero-order valence-corrected chi connectivity index (χ0v) is 7.62. The molecule has 0 aromatic heterocycles. The lowest BCUT2D eigenvalue weighted by atomic mass is 10.0. The van der Waals surface area contributed by atoms with Crippen LogP contribution in [0.15, 0.2) is 24.3 Å². The van der Waals surface area contributed by atoms with Gasteiger partial charge in [0.1, 0.15) is 5.75 Å². The van der Waals surface area contributed by atoms with Crippen molar-refractivity contribution in [2.45, 2.75) is 19.4 Å². The molecule has 0 saturated carbocycles. The van der Waals surface area contributed by atoms with Crippen LogP contribution >= 0.6 is 0 Å². The molecule has 0 spiro atoms. The molecular formula is C11H13NO. The lowest BCUT2D eigenvalue weighted by Crippen LogP contribution is -2.15. The van der Waals surface area contributed by atoms with Gasteiger partial charge in [0.05, 0.1) is 0 Å². The van der Waals surface area contributed by atoms with Gasteiger partial charge in [0.15, 0.2) is 0 Å². The molecule has 2 heteroatoms. The number of nitrogens with two attached hydrogens (primary N) is 1. The molecule has 0 saturated heterocycles. The smallest absolute Gasteiger partial charge is 0.115 e. The van der Waals surface area contributed by atoms with Gasteiger partial charge in [0.2, 0.25) is 0 Å². The van der Waals surface area contributed by atoms with Crippen molar-refractivity contribution in [3.8, 4) is 5.75 Å². The lowest BCUT2D eigenvalue weighted by Gasteiger charge is -2.09. The summed E-state index contributed by atoms with van der Waals surface area (Å²) in [6.45, 7) is 1.98. The number of allylic oxidation sites excluding steroid dienone is 1. The summed E-state index contributed by atoms with van der Waals surface area (Å²) in [4.78, 5) is 0. The van der Waals surface area contributed by atoms with E-state index in [9.17, 15) is 5.11 Å². The number of hydrogen-bond acceptors (Lipinski definition) is 2. The van der Waals surface area contributed by atoms with Crippen LogP contribution in [0.2, 0.25) is 0 Å². The zero-order valence-electron chi connectivity index (χ0n) is 7.62. The Hall–Kier alpha value is -1.28. The molecule has 1 aromatic rings. The normalized spacial score (nSPS) is 16.6. The first-order valence-corrected chi connectivity index (χ1v) is 4.46. The van der Waals surface area contributed by atoms with Crippen LogP contribution in [0, 0.1) is 0 Å². The minimum atomic E-state index is 0.0748. The average molecular weight is 175 g/mol. The highest BCUT2D eigenvalue weighted by atomic mass is 16.3. The molecule has 0 heterocycles. The third-order valence-electron chi connectivity index (χ3n) is 2.43. The fourth-order valence-corrected chi connectivity index (χ4v) is 1.79. The van der Waals surface area contributed by atoms with Gasteiger partial charge in [-0.2, -0.15) is 0 Å². The van der Waals surface area contributed by atoms with E-state index in [-0.39, 0.29) is 6.04 Å². The molecule has 0 aliphatic heterocycles. The zero-order chi connectivity index (χ0) is 9.42. The van der Waals surface area contributed by atoms with E-state index in [2.05, 4.69) is 6.08 Å². The molecule has 1 aromatic carbocycles. The van der Waals surface area contributed by atoms with Gasteiger partial charge in [-0.15, -0.1) is 0 Å². The highest BCUT2D eigenvalue weighted by Crippen LogP contribution is 2.31. The monoisotopic (exact) mass is 175 g/mol. The highest BCUT2D eigenvalue weighted by molar-refractivity contribution is 5.76. The van der Waals surface area contributed by atoms with E-state index in [0.717, 1.165) is 6.42 Å². The number of aromatic hydroxyl groups is 1. The third kappa shape index (κ3) is 1.33. The van der Waals surface area contributed by atoms with E-state index in [0.29, 0.717) is 5.75 Å². The Bertz CT molecular complexity index is 366. The Morgan fingerprint density at radius 1 is 1.46 bits per heavy atom. The second-order valence-electron chi connectivity index (χ2n) is 3.49. The van der Waals surface area contributed by atoms with E-state index in [4.69, 9.17) is 5.73 Å². The topological polar surface area (TPSA) is 46.2 Å². The van der Waals surface area contributed by atoms with Gasteiger partial charge < -0.3 is 10.8 Å². The van der Waals surface area contributed by atoms with Crippen LogP contribution in [0.1, 0.15) is 18.1 Å². The molecule has 1 unspecified atom stereocenters. The minimum Gasteiger partial charge on any atom is -0.508 e. The first-order chi connectivity index (χ1) is 6.18. The highest BCUT2D eigenvalue weighted by Gasteiger charge is 2.16. The molecule has 13 heavy (non-hydrogen) atoms. The van der Waals surface area contributed by atoms with Crippen molar-refractivity contribution in [2.75, 3.05) is 0 Å². The van der Waals surface area contributed by atoms with Crippen LogP contribution in [0.3, 0.4) is 0 Å². The molecule has 2 rings (SSSR count). The molecule has 0 bridgehead atoms. The molecule has 3 N–H and O–H groups in total. The van der Waals surface area contributed by atoms with E-state index in [1.807, 2.05) is 13.0 Å². The maximum Gasteiger partial charge on any atom is 0.115 e. The van der Waals surface area contributed by atoms with Crippen LogP contribution in [0.4, 0.5) is 0 Å². The maximum absolute atomic E-state index is 9.27. The standard InChI is InChI=1S/C11H13NO/c1-7(12)10-4-2-8-6-9(13)3-5-11(8)10/h3-7,13H,2,12H2,1H3. The van der Waals surface area contributed by atoms with Crippen molar-refractivity contribution in [1.82, 2.24) is 0 Å². The van der Waals surface area contributed by atoms with Gasteiger partial charge in [-0.05, 0) is 42.2 Å². The number of hydrogen-bond donors (Lipinski definition) is 2. The third-order valence-corrected chi connectivity index (χ3v) is 2.43. The molecule has 0 amide bonds. The van der Waals surface area contributed by atoms with E-state index in [1.165, 1.54) is 16.7 Å². The first kappa shape index (κ1) is 8.32. The molecule has 1 atom stereocenters. The fourth-order valence-electron chi connectivity index (χ4n) is 1.79. The van der Waals surface area contributed by atoms with Crippen LogP contribution < -0.4 is 5.73 Å². The van der Waals surface area contributed by atoms with Crippen molar-refractivity contribution in [3.05, 3.63) is 35.4 Å². The Morgan fingerprint density at radius 2 is 2.23 bits per heavy atom. The van der Waals surface area contributed by atoms with E-state index < -0.39 is 0 Å². The molecule has 68 valence electrons. The van der Waals surface area contributed by atoms with Gasteiger partial charge >= 0.3 is 0 Å². The molecule has 1 aliphatic carbocycles. The fraction of sp³-hybridized carbons (Fsp3) is 0.273. The molecule has 0 radical (unpaired) electrons. The Morgan fingerprint density at radius 3 is 2.92 bits per heavy atom. The Kier molecular flexibility index (Phi) is 1.85. The molecule has 2 nitrogen and oxygen atoms in total. The first-order valence-electron chi connectivity index (χ1n) is 4.46. The van der Waals surface area contributed by atoms with E-state index in [1.54, 1.807) is 12.1 Å². The molecule has 0 fully saturated rings. The minimum absolute atomic E-state index is 0.0748. The van der Waals surface area contributed by atoms with E-state index >= 15 is 0 Å². The summed E-state index contributed by atoms with van der Waals surface area (Å²) in [6, 6.07) is 5.53. The van der Waals surface area contributed by atoms with Gasteiger partial charge in [0, 0.05) is 6.04 Å². The van der Waals surface area contributed by atoms with Crippen molar-refractivity contribution in [3.63, 3.8) is 0 Å². The second-order valence-corrected chi connectivity index (χ2v) is 3.49. The Labute approximate surface area is 77.7 Å². The predicted molar refractivity (Wildman–Crippen MR) is 53.4 cm³/mol. The SMILES string of the molecule is CC(N)C1=CCc2cc(O)ccc21. The van der Waals surface area contributed by atoms with Crippen molar-refractivity contribution < 1.29 is 5.11 Å². The number of phenols is 1. The summed E-state index contributed by atoms with van der Waals surface area (Å²) < 4.78 is 0. The van der Waals surface area contributed by atoms with Crippen LogP contribution in [0.5, 0.6) is 5.75 Å². The summed E-state index contributed by atoms with van der Waals surface area (Å²) in [6.07, 6.45) is 3.02. The largest absolute Gasteiger partial charge is 0.508 e.